The van der Waals surface area contributed by atoms with Gasteiger partial charge in [-0.05, 0) is 24.3 Å². The van der Waals surface area contributed by atoms with Gasteiger partial charge in [-0.25, -0.2) is 4.98 Å². The zero-order chi connectivity index (χ0) is 14.4. The molecule has 6 nitrogen and oxygen atoms in total. The van der Waals surface area contributed by atoms with E-state index in [0.29, 0.717) is 18.8 Å². The summed E-state index contributed by atoms with van der Waals surface area (Å²) in [5.41, 5.74) is 7.29. The molecule has 6 heteroatoms. The van der Waals surface area contributed by atoms with Crippen LogP contribution in [-0.2, 0) is 16.1 Å². The number of rotatable bonds is 6. The lowest BCUT2D eigenvalue weighted by Crippen LogP contribution is -2.30. The van der Waals surface area contributed by atoms with E-state index in [4.69, 9.17) is 10.5 Å². The lowest BCUT2D eigenvalue weighted by molar-refractivity contribution is -0.121. The maximum atomic E-state index is 11.8. The highest BCUT2D eigenvalue weighted by Crippen LogP contribution is 2.18. The molecule has 1 heterocycles. The van der Waals surface area contributed by atoms with Crippen LogP contribution in [0.4, 0.5) is 5.69 Å². The summed E-state index contributed by atoms with van der Waals surface area (Å²) in [7, 11) is 1.60. The third-order valence-electron chi connectivity index (χ3n) is 2.83. The molecule has 0 spiro atoms. The highest BCUT2D eigenvalue weighted by Gasteiger charge is 2.09. The van der Waals surface area contributed by atoms with E-state index in [1.807, 2.05) is 24.3 Å². The van der Waals surface area contributed by atoms with Crippen molar-refractivity contribution >= 4 is 11.6 Å². The number of nitrogens with two attached hydrogens (primary N) is 1. The van der Waals surface area contributed by atoms with E-state index in [-0.39, 0.29) is 12.5 Å². The van der Waals surface area contributed by atoms with Crippen molar-refractivity contribution < 1.29 is 9.53 Å². The monoisotopic (exact) mass is 274 g/mol. The van der Waals surface area contributed by atoms with Crippen LogP contribution in [0.2, 0.25) is 0 Å². The fourth-order valence-corrected chi connectivity index (χ4v) is 1.83. The van der Waals surface area contributed by atoms with E-state index in [0.717, 1.165) is 11.4 Å². The van der Waals surface area contributed by atoms with Crippen molar-refractivity contribution in [2.75, 3.05) is 26.0 Å². The number of amides is 1. The van der Waals surface area contributed by atoms with Gasteiger partial charge in [0.15, 0.2) is 0 Å². The molecule has 2 rings (SSSR count). The highest BCUT2D eigenvalue weighted by molar-refractivity contribution is 5.76. The van der Waals surface area contributed by atoms with Gasteiger partial charge in [0, 0.05) is 37.3 Å². The number of hydrogen-bond acceptors (Lipinski definition) is 4. The molecule has 0 bridgehead atoms. The molecule has 0 aliphatic rings. The second-order valence-corrected chi connectivity index (χ2v) is 4.34. The summed E-state index contributed by atoms with van der Waals surface area (Å²) < 4.78 is 6.69. The molecule has 1 aromatic carbocycles. The smallest absolute Gasteiger partial charge is 0.240 e. The van der Waals surface area contributed by atoms with E-state index in [2.05, 4.69) is 10.3 Å². The van der Waals surface area contributed by atoms with Gasteiger partial charge in [0.25, 0.3) is 0 Å². The molecule has 0 unspecified atom stereocenters. The summed E-state index contributed by atoms with van der Waals surface area (Å²) in [4.78, 5) is 16.1. The predicted octanol–water partition coefficient (Wildman–Crippen LogP) is 0.895. The zero-order valence-corrected chi connectivity index (χ0v) is 11.4. The van der Waals surface area contributed by atoms with Crippen LogP contribution in [0.1, 0.15) is 0 Å². The maximum absolute atomic E-state index is 11.8. The minimum absolute atomic E-state index is 0.0725. The second-order valence-electron chi connectivity index (χ2n) is 4.34. The second kappa shape index (κ2) is 6.72. The van der Waals surface area contributed by atoms with Crippen LogP contribution in [-0.4, -0.2) is 35.7 Å². The number of nitrogens with zero attached hydrogens (tertiary/aromatic N) is 2. The first-order valence-corrected chi connectivity index (χ1v) is 6.33. The molecule has 1 aromatic heterocycles. The number of ether oxygens (including phenoxy) is 1. The SMILES string of the molecule is COCCNC(=O)Cn1ccnc1-c1ccc(N)cc1. The van der Waals surface area contributed by atoms with Gasteiger partial charge in [0.05, 0.1) is 6.61 Å². The predicted molar refractivity (Wildman–Crippen MR) is 77.0 cm³/mol. The minimum atomic E-state index is -0.0725. The van der Waals surface area contributed by atoms with Crippen molar-refractivity contribution in [3.63, 3.8) is 0 Å². The van der Waals surface area contributed by atoms with Crippen molar-refractivity contribution in [2.24, 2.45) is 0 Å². The third-order valence-corrected chi connectivity index (χ3v) is 2.83. The van der Waals surface area contributed by atoms with Crippen LogP contribution in [0.15, 0.2) is 36.7 Å². The Morgan fingerprint density at radius 2 is 2.15 bits per heavy atom. The fraction of sp³-hybridized carbons (Fsp3) is 0.286. The Hall–Kier alpha value is -2.34. The van der Waals surface area contributed by atoms with Crippen molar-refractivity contribution in [1.29, 1.82) is 0 Å². The van der Waals surface area contributed by atoms with Gasteiger partial charge in [-0.1, -0.05) is 0 Å². The van der Waals surface area contributed by atoms with E-state index in [1.165, 1.54) is 0 Å². The number of nitrogen functional groups attached to an aromatic ring is 1. The Bertz CT molecular complexity index is 563. The average Bonchev–Trinajstić information content (AvgIpc) is 2.88. The van der Waals surface area contributed by atoms with Crippen molar-refractivity contribution in [3.8, 4) is 11.4 Å². The van der Waals surface area contributed by atoms with Gasteiger partial charge in [0.2, 0.25) is 5.91 Å². The van der Waals surface area contributed by atoms with E-state index >= 15 is 0 Å². The molecule has 0 atom stereocenters. The Kier molecular flexibility index (Phi) is 4.73. The molecule has 20 heavy (non-hydrogen) atoms. The van der Waals surface area contributed by atoms with Gasteiger partial charge in [-0.3, -0.25) is 4.79 Å². The number of nitrogens with one attached hydrogen (secondary N) is 1. The highest BCUT2D eigenvalue weighted by atomic mass is 16.5. The van der Waals surface area contributed by atoms with Crippen molar-refractivity contribution in [2.45, 2.75) is 6.54 Å². The lowest BCUT2D eigenvalue weighted by Gasteiger charge is -2.09. The molecule has 3 N–H and O–H groups in total. The number of methoxy groups -OCH3 is 1. The first kappa shape index (κ1) is 14.1. The lowest BCUT2D eigenvalue weighted by atomic mass is 10.2. The summed E-state index contributed by atoms with van der Waals surface area (Å²) in [5, 5.41) is 2.78. The van der Waals surface area contributed by atoms with Crippen LogP contribution in [0.5, 0.6) is 0 Å². The Morgan fingerprint density at radius 1 is 1.40 bits per heavy atom. The third kappa shape index (κ3) is 3.58. The first-order chi connectivity index (χ1) is 9.70. The van der Waals surface area contributed by atoms with Crippen LogP contribution >= 0.6 is 0 Å². The van der Waals surface area contributed by atoms with E-state index in [1.54, 1.807) is 24.1 Å². The largest absolute Gasteiger partial charge is 0.399 e. The quantitative estimate of drug-likeness (QED) is 0.605. The van der Waals surface area contributed by atoms with Crippen LogP contribution < -0.4 is 11.1 Å². The zero-order valence-electron chi connectivity index (χ0n) is 11.4. The number of benzene rings is 1. The van der Waals surface area contributed by atoms with Crippen molar-refractivity contribution in [3.05, 3.63) is 36.7 Å². The first-order valence-electron chi connectivity index (χ1n) is 6.33. The maximum Gasteiger partial charge on any atom is 0.240 e. The molecule has 0 radical (unpaired) electrons. The number of anilines is 1. The molecular formula is C14H18N4O2. The van der Waals surface area contributed by atoms with E-state index in [9.17, 15) is 4.79 Å². The molecular weight excluding hydrogens is 256 g/mol. The number of aromatic nitrogens is 2. The topological polar surface area (TPSA) is 82.2 Å². The number of carbonyl (C=O) groups is 1. The standard InChI is InChI=1S/C14H18N4O2/c1-20-9-7-16-13(19)10-18-8-6-17-14(18)11-2-4-12(15)5-3-11/h2-6,8H,7,9-10,15H2,1H3,(H,16,19). The molecule has 0 fully saturated rings. The van der Waals surface area contributed by atoms with E-state index < -0.39 is 0 Å². The summed E-state index contributed by atoms with van der Waals surface area (Å²) in [6, 6.07) is 7.40. The molecule has 0 saturated heterocycles. The summed E-state index contributed by atoms with van der Waals surface area (Å²) >= 11 is 0. The molecule has 106 valence electrons. The van der Waals surface area contributed by atoms with Gasteiger partial charge in [0.1, 0.15) is 12.4 Å². The van der Waals surface area contributed by atoms with Gasteiger partial charge >= 0.3 is 0 Å². The van der Waals surface area contributed by atoms with Crippen LogP contribution in [0.3, 0.4) is 0 Å². The van der Waals surface area contributed by atoms with Crippen LogP contribution in [0.25, 0.3) is 11.4 Å². The molecule has 0 aliphatic heterocycles. The Morgan fingerprint density at radius 3 is 2.85 bits per heavy atom. The molecule has 2 aromatic rings. The van der Waals surface area contributed by atoms with Gasteiger partial charge < -0.3 is 20.4 Å². The molecule has 1 amide bonds. The van der Waals surface area contributed by atoms with Crippen LogP contribution in [0, 0.1) is 0 Å². The fourth-order valence-electron chi connectivity index (χ4n) is 1.83. The Balaban J connectivity index is 2.05. The average molecular weight is 274 g/mol. The minimum Gasteiger partial charge on any atom is -0.399 e. The summed E-state index contributed by atoms with van der Waals surface area (Å²) in [6.07, 6.45) is 3.45. The van der Waals surface area contributed by atoms with Gasteiger partial charge in [-0.15, -0.1) is 0 Å². The molecule has 0 saturated carbocycles. The Labute approximate surface area is 117 Å². The number of carbonyl (C=O) groups excluding carboxylic acids is 1. The normalized spacial score (nSPS) is 10.4. The number of hydrogen-bond donors (Lipinski definition) is 2. The number of imidazole rings is 1. The van der Waals surface area contributed by atoms with Gasteiger partial charge in [-0.2, -0.15) is 0 Å². The van der Waals surface area contributed by atoms with Crippen molar-refractivity contribution in [1.82, 2.24) is 14.9 Å². The summed E-state index contributed by atoms with van der Waals surface area (Å²) in [5.74, 6) is 0.670. The molecule has 0 aliphatic carbocycles. The summed E-state index contributed by atoms with van der Waals surface area (Å²) in [6.45, 7) is 1.23.